The van der Waals surface area contributed by atoms with E-state index in [0.717, 1.165) is 76.1 Å². The molecule has 32 heavy (non-hydrogen) atoms. The van der Waals surface area contributed by atoms with Gasteiger partial charge in [-0.1, -0.05) is 0 Å². The Morgan fingerprint density at radius 1 is 1.03 bits per heavy atom. The summed E-state index contributed by atoms with van der Waals surface area (Å²) in [6.45, 7) is 8.35. The minimum Gasteiger partial charge on any atom is -0.497 e. The molecule has 0 saturated carbocycles. The summed E-state index contributed by atoms with van der Waals surface area (Å²) in [4.78, 5) is 9.27. The molecule has 0 atom stereocenters. The summed E-state index contributed by atoms with van der Waals surface area (Å²) in [5.74, 6) is 2.61. The highest BCUT2D eigenvalue weighted by Crippen LogP contribution is 2.20. The van der Waals surface area contributed by atoms with Gasteiger partial charge in [0.05, 0.1) is 13.4 Å². The zero-order chi connectivity index (χ0) is 22.4. The van der Waals surface area contributed by atoms with E-state index in [0.29, 0.717) is 13.2 Å². The van der Waals surface area contributed by atoms with Crippen LogP contribution in [0.25, 0.3) is 0 Å². The third-order valence-electron chi connectivity index (χ3n) is 5.56. The van der Waals surface area contributed by atoms with E-state index in [1.54, 1.807) is 20.4 Å². The Kier molecular flexibility index (Phi) is 10.2. The van der Waals surface area contributed by atoms with Crippen molar-refractivity contribution in [3.63, 3.8) is 0 Å². The summed E-state index contributed by atoms with van der Waals surface area (Å²) in [5.41, 5.74) is 1.27. The number of ether oxygens (including phenoxy) is 2. The van der Waals surface area contributed by atoms with Crippen LogP contribution >= 0.6 is 0 Å². The topological polar surface area (TPSA) is 74.5 Å². The number of hydrogen-bond donors (Lipinski definition) is 2. The van der Waals surface area contributed by atoms with Crippen LogP contribution in [0.3, 0.4) is 0 Å². The Bertz CT molecular complexity index is 771. The van der Waals surface area contributed by atoms with Crippen molar-refractivity contribution in [1.82, 2.24) is 15.5 Å². The molecule has 0 amide bonds. The van der Waals surface area contributed by atoms with Gasteiger partial charge in [-0.3, -0.25) is 9.89 Å². The quantitative estimate of drug-likeness (QED) is 0.297. The Labute approximate surface area is 191 Å². The van der Waals surface area contributed by atoms with E-state index in [2.05, 4.69) is 37.6 Å². The van der Waals surface area contributed by atoms with Crippen molar-refractivity contribution < 1.29 is 13.9 Å². The maximum absolute atomic E-state index is 5.60. The SMILES string of the molecule is CN=C(NCCCOCc1ccco1)NCCCN1CCN(c2ccc(OC)cc2)CC1. The highest BCUT2D eigenvalue weighted by molar-refractivity contribution is 5.79. The average molecular weight is 444 g/mol. The van der Waals surface area contributed by atoms with Crippen LogP contribution in [-0.4, -0.2) is 77.4 Å². The summed E-state index contributed by atoms with van der Waals surface area (Å²) in [6.07, 6.45) is 3.67. The van der Waals surface area contributed by atoms with Crippen LogP contribution < -0.4 is 20.3 Å². The first-order valence-electron chi connectivity index (χ1n) is 11.4. The monoisotopic (exact) mass is 443 g/mol. The second kappa shape index (κ2) is 13.6. The van der Waals surface area contributed by atoms with Gasteiger partial charge in [0, 0.05) is 58.6 Å². The number of aliphatic imine (C=N–C) groups is 1. The summed E-state index contributed by atoms with van der Waals surface area (Å²) in [5, 5.41) is 6.74. The fourth-order valence-corrected chi connectivity index (χ4v) is 3.70. The molecule has 2 aromatic rings. The van der Waals surface area contributed by atoms with Gasteiger partial charge in [0.25, 0.3) is 0 Å². The van der Waals surface area contributed by atoms with Gasteiger partial charge in [-0.2, -0.15) is 0 Å². The molecule has 3 rings (SSSR count). The zero-order valence-corrected chi connectivity index (χ0v) is 19.4. The summed E-state index contributed by atoms with van der Waals surface area (Å²) in [6, 6.07) is 12.1. The highest BCUT2D eigenvalue weighted by atomic mass is 16.5. The Hall–Kier alpha value is -2.71. The number of benzene rings is 1. The van der Waals surface area contributed by atoms with Crippen molar-refractivity contribution in [3.8, 4) is 5.75 Å². The van der Waals surface area contributed by atoms with E-state index in [1.165, 1.54) is 5.69 Å². The first-order chi connectivity index (χ1) is 15.8. The number of furan rings is 1. The predicted molar refractivity (Wildman–Crippen MR) is 129 cm³/mol. The maximum Gasteiger partial charge on any atom is 0.190 e. The molecule has 1 aromatic heterocycles. The molecule has 0 unspecified atom stereocenters. The smallest absolute Gasteiger partial charge is 0.190 e. The molecular formula is C24H37N5O3. The minimum atomic E-state index is 0.522. The molecule has 176 valence electrons. The largest absolute Gasteiger partial charge is 0.497 e. The van der Waals surface area contributed by atoms with E-state index < -0.39 is 0 Å². The highest BCUT2D eigenvalue weighted by Gasteiger charge is 2.16. The molecule has 1 saturated heterocycles. The van der Waals surface area contributed by atoms with E-state index in [1.807, 2.05) is 24.3 Å². The van der Waals surface area contributed by atoms with Crippen molar-refractivity contribution in [2.45, 2.75) is 19.4 Å². The normalized spacial score (nSPS) is 15.1. The first-order valence-corrected chi connectivity index (χ1v) is 11.4. The molecule has 1 aromatic carbocycles. The zero-order valence-electron chi connectivity index (χ0n) is 19.4. The fraction of sp³-hybridized carbons (Fsp3) is 0.542. The number of hydrogen-bond acceptors (Lipinski definition) is 6. The number of methoxy groups -OCH3 is 1. The minimum absolute atomic E-state index is 0.522. The van der Waals surface area contributed by atoms with Crippen LogP contribution in [0.2, 0.25) is 0 Å². The fourth-order valence-electron chi connectivity index (χ4n) is 3.70. The van der Waals surface area contributed by atoms with Crippen molar-refractivity contribution in [1.29, 1.82) is 0 Å². The van der Waals surface area contributed by atoms with E-state index >= 15 is 0 Å². The molecule has 0 aliphatic carbocycles. The lowest BCUT2D eigenvalue weighted by molar-refractivity contribution is 0.105. The van der Waals surface area contributed by atoms with Gasteiger partial charge >= 0.3 is 0 Å². The Balaban J connectivity index is 1.20. The van der Waals surface area contributed by atoms with E-state index in [9.17, 15) is 0 Å². The number of guanidine groups is 1. The molecule has 1 aliphatic rings. The van der Waals surface area contributed by atoms with Crippen molar-refractivity contribution in [2.24, 2.45) is 4.99 Å². The van der Waals surface area contributed by atoms with Gasteiger partial charge in [0.15, 0.2) is 5.96 Å². The van der Waals surface area contributed by atoms with E-state index in [4.69, 9.17) is 13.9 Å². The van der Waals surface area contributed by atoms with Crippen LogP contribution in [0.1, 0.15) is 18.6 Å². The Morgan fingerprint density at radius 3 is 2.44 bits per heavy atom. The van der Waals surface area contributed by atoms with Gasteiger partial charge in [-0.15, -0.1) is 0 Å². The molecule has 2 N–H and O–H groups in total. The second-order valence-electron chi connectivity index (χ2n) is 7.79. The molecule has 8 nitrogen and oxygen atoms in total. The van der Waals surface area contributed by atoms with Gasteiger partial charge < -0.3 is 29.4 Å². The standard InChI is InChI=1S/C24H37N5O3/c1-25-24(27-12-5-18-31-20-23-6-3-19-32-23)26-11-4-13-28-14-16-29(17-15-28)21-7-9-22(30-2)10-8-21/h3,6-10,19H,4-5,11-18,20H2,1-2H3,(H2,25,26,27). The molecule has 0 radical (unpaired) electrons. The van der Waals surface area contributed by atoms with Crippen LogP contribution in [0.4, 0.5) is 5.69 Å². The summed E-state index contributed by atoms with van der Waals surface area (Å²) in [7, 11) is 3.51. The van der Waals surface area contributed by atoms with Crippen LogP contribution in [-0.2, 0) is 11.3 Å². The molecule has 8 heteroatoms. The number of rotatable bonds is 12. The van der Waals surface area contributed by atoms with Gasteiger partial charge in [0.1, 0.15) is 18.1 Å². The predicted octanol–water partition coefficient (Wildman–Crippen LogP) is 2.57. The van der Waals surface area contributed by atoms with Crippen molar-refractivity contribution in [3.05, 3.63) is 48.4 Å². The lowest BCUT2D eigenvalue weighted by Gasteiger charge is -2.36. The number of piperazine rings is 1. The van der Waals surface area contributed by atoms with Crippen molar-refractivity contribution in [2.75, 3.05) is 71.5 Å². The maximum atomic E-state index is 5.60. The third-order valence-corrected chi connectivity index (χ3v) is 5.56. The lowest BCUT2D eigenvalue weighted by Crippen LogP contribution is -2.47. The molecular weight excluding hydrogens is 406 g/mol. The van der Waals surface area contributed by atoms with Crippen LogP contribution in [0.5, 0.6) is 5.75 Å². The number of nitrogens with zero attached hydrogens (tertiary/aromatic N) is 3. The number of anilines is 1. The molecule has 2 heterocycles. The molecule has 1 fully saturated rings. The second-order valence-corrected chi connectivity index (χ2v) is 7.79. The van der Waals surface area contributed by atoms with Gasteiger partial charge in [-0.05, 0) is 55.8 Å². The van der Waals surface area contributed by atoms with E-state index in [-0.39, 0.29) is 0 Å². The Morgan fingerprint density at radius 2 is 1.78 bits per heavy atom. The van der Waals surface area contributed by atoms with Gasteiger partial charge in [-0.25, -0.2) is 0 Å². The number of nitrogens with one attached hydrogen (secondary N) is 2. The third kappa shape index (κ3) is 8.09. The first kappa shape index (κ1) is 23.9. The lowest BCUT2D eigenvalue weighted by atomic mass is 10.2. The average Bonchev–Trinajstić information content (AvgIpc) is 3.36. The molecule has 1 aliphatic heterocycles. The summed E-state index contributed by atoms with van der Waals surface area (Å²) < 4.78 is 16.1. The van der Waals surface area contributed by atoms with Crippen LogP contribution in [0, 0.1) is 0 Å². The summed E-state index contributed by atoms with van der Waals surface area (Å²) >= 11 is 0. The van der Waals surface area contributed by atoms with Crippen LogP contribution in [0.15, 0.2) is 52.1 Å². The van der Waals surface area contributed by atoms with Crippen molar-refractivity contribution >= 4 is 11.6 Å². The molecule has 0 spiro atoms. The van der Waals surface area contributed by atoms with Gasteiger partial charge in [0.2, 0.25) is 0 Å². The molecule has 0 bridgehead atoms.